The molecule has 1 heterocycles. The average molecular weight is 313 g/mol. The van der Waals surface area contributed by atoms with Crippen molar-refractivity contribution in [2.75, 3.05) is 0 Å². The second-order valence-electron chi connectivity index (χ2n) is 4.15. The predicted octanol–water partition coefficient (Wildman–Crippen LogP) is 4.09. The SMILES string of the molecule is O=C(O)c1cccnc1SCc1cccc(C(F)(F)F)c1. The minimum Gasteiger partial charge on any atom is -0.478 e. The highest BCUT2D eigenvalue weighted by Gasteiger charge is 2.30. The van der Waals surface area contributed by atoms with Crippen LogP contribution in [0.2, 0.25) is 0 Å². The van der Waals surface area contributed by atoms with Crippen molar-refractivity contribution < 1.29 is 23.1 Å². The molecule has 0 saturated carbocycles. The van der Waals surface area contributed by atoms with Crippen LogP contribution >= 0.6 is 11.8 Å². The van der Waals surface area contributed by atoms with Gasteiger partial charge in [-0.25, -0.2) is 9.78 Å². The molecule has 0 aliphatic rings. The molecule has 1 N–H and O–H groups in total. The molecule has 1 aromatic carbocycles. The van der Waals surface area contributed by atoms with Crippen LogP contribution in [0.4, 0.5) is 13.2 Å². The highest BCUT2D eigenvalue weighted by atomic mass is 32.2. The lowest BCUT2D eigenvalue weighted by molar-refractivity contribution is -0.137. The molecule has 0 radical (unpaired) electrons. The van der Waals surface area contributed by atoms with Crippen LogP contribution in [0.3, 0.4) is 0 Å². The quantitative estimate of drug-likeness (QED) is 0.864. The van der Waals surface area contributed by atoms with Gasteiger partial charge < -0.3 is 5.11 Å². The van der Waals surface area contributed by atoms with Crippen molar-refractivity contribution in [2.45, 2.75) is 17.0 Å². The Labute approximate surface area is 122 Å². The zero-order chi connectivity index (χ0) is 15.5. The monoisotopic (exact) mass is 313 g/mol. The van der Waals surface area contributed by atoms with Crippen molar-refractivity contribution >= 4 is 17.7 Å². The lowest BCUT2D eigenvalue weighted by Crippen LogP contribution is -2.05. The molecular weight excluding hydrogens is 303 g/mol. The summed E-state index contributed by atoms with van der Waals surface area (Å²) < 4.78 is 37.8. The largest absolute Gasteiger partial charge is 0.478 e. The topological polar surface area (TPSA) is 50.2 Å². The first-order valence-electron chi connectivity index (χ1n) is 5.85. The van der Waals surface area contributed by atoms with Gasteiger partial charge in [0.05, 0.1) is 11.1 Å². The van der Waals surface area contributed by atoms with Gasteiger partial charge in [0, 0.05) is 11.9 Å². The zero-order valence-corrected chi connectivity index (χ0v) is 11.4. The third kappa shape index (κ3) is 3.98. The number of hydrogen-bond acceptors (Lipinski definition) is 3. The van der Waals surface area contributed by atoms with Gasteiger partial charge in [-0.15, -0.1) is 11.8 Å². The van der Waals surface area contributed by atoms with E-state index in [1.165, 1.54) is 24.4 Å². The van der Waals surface area contributed by atoms with Crippen LogP contribution < -0.4 is 0 Å². The zero-order valence-electron chi connectivity index (χ0n) is 10.6. The van der Waals surface area contributed by atoms with Crippen molar-refractivity contribution in [3.63, 3.8) is 0 Å². The minimum absolute atomic E-state index is 0.0366. The number of pyridine rings is 1. The maximum atomic E-state index is 12.6. The molecule has 110 valence electrons. The number of rotatable bonds is 4. The lowest BCUT2D eigenvalue weighted by atomic mass is 10.1. The van der Waals surface area contributed by atoms with E-state index in [-0.39, 0.29) is 16.3 Å². The lowest BCUT2D eigenvalue weighted by Gasteiger charge is -2.09. The highest BCUT2D eigenvalue weighted by molar-refractivity contribution is 7.98. The third-order valence-corrected chi connectivity index (χ3v) is 3.71. The van der Waals surface area contributed by atoms with E-state index in [9.17, 15) is 18.0 Å². The normalized spacial score (nSPS) is 11.4. The van der Waals surface area contributed by atoms with Gasteiger partial charge in [-0.3, -0.25) is 0 Å². The first-order valence-corrected chi connectivity index (χ1v) is 6.84. The molecule has 0 saturated heterocycles. The number of aromatic carboxylic acids is 1. The standard InChI is InChI=1S/C14H10F3NO2S/c15-14(16,17)10-4-1-3-9(7-10)8-21-12-11(13(19)20)5-2-6-18-12/h1-7H,8H2,(H,19,20). The molecule has 2 rings (SSSR count). The molecule has 0 aliphatic heterocycles. The molecule has 3 nitrogen and oxygen atoms in total. The van der Waals surface area contributed by atoms with Crippen LogP contribution in [0, 0.1) is 0 Å². The number of benzene rings is 1. The summed E-state index contributed by atoms with van der Waals surface area (Å²) in [6.45, 7) is 0. The summed E-state index contributed by atoms with van der Waals surface area (Å²) in [4.78, 5) is 15.0. The number of thioether (sulfide) groups is 1. The Morgan fingerprint density at radius 2 is 2.00 bits per heavy atom. The molecule has 21 heavy (non-hydrogen) atoms. The summed E-state index contributed by atoms with van der Waals surface area (Å²) in [6.07, 6.45) is -2.95. The van der Waals surface area contributed by atoms with E-state index < -0.39 is 17.7 Å². The first-order chi connectivity index (χ1) is 9.88. The van der Waals surface area contributed by atoms with Gasteiger partial charge in [0.1, 0.15) is 5.03 Å². The molecule has 0 spiro atoms. The fourth-order valence-electron chi connectivity index (χ4n) is 1.66. The number of halogens is 3. The number of aromatic nitrogens is 1. The number of carboxylic acids is 1. The number of carbonyl (C=O) groups is 1. The Bertz CT molecular complexity index is 659. The summed E-state index contributed by atoms with van der Waals surface area (Å²) in [5.74, 6) is -0.907. The Morgan fingerprint density at radius 3 is 2.67 bits per heavy atom. The van der Waals surface area contributed by atoms with Crippen molar-refractivity contribution in [1.29, 1.82) is 0 Å². The number of carboxylic acid groups (broad SMARTS) is 1. The Hall–Kier alpha value is -2.02. The molecule has 7 heteroatoms. The molecule has 0 amide bonds. The average Bonchev–Trinajstić information content (AvgIpc) is 2.45. The van der Waals surface area contributed by atoms with Crippen LogP contribution in [-0.4, -0.2) is 16.1 Å². The second kappa shape index (κ2) is 6.17. The van der Waals surface area contributed by atoms with Crippen LogP contribution in [0.25, 0.3) is 0 Å². The van der Waals surface area contributed by atoms with E-state index in [1.807, 2.05) is 0 Å². The molecular formula is C14H10F3NO2S. The van der Waals surface area contributed by atoms with E-state index in [0.29, 0.717) is 5.56 Å². The summed E-state index contributed by atoms with van der Waals surface area (Å²) in [6, 6.07) is 7.84. The second-order valence-corrected chi connectivity index (χ2v) is 5.11. The van der Waals surface area contributed by atoms with Gasteiger partial charge in [0.15, 0.2) is 0 Å². The summed E-state index contributed by atoms with van der Waals surface area (Å²) >= 11 is 1.09. The molecule has 0 atom stereocenters. The van der Waals surface area contributed by atoms with Gasteiger partial charge in [-0.05, 0) is 23.8 Å². The number of hydrogen-bond donors (Lipinski definition) is 1. The Morgan fingerprint density at radius 1 is 1.24 bits per heavy atom. The van der Waals surface area contributed by atoms with Gasteiger partial charge in [0.2, 0.25) is 0 Å². The van der Waals surface area contributed by atoms with E-state index in [2.05, 4.69) is 4.98 Å². The van der Waals surface area contributed by atoms with Crippen molar-refractivity contribution in [1.82, 2.24) is 4.98 Å². The van der Waals surface area contributed by atoms with Crippen LogP contribution in [-0.2, 0) is 11.9 Å². The molecule has 2 aromatic rings. The molecule has 0 fully saturated rings. The summed E-state index contributed by atoms with van der Waals surface area (Å²) in [5.41, 5.74) is -0.230. The smallest absolute Gasteiger partial charge is 0.416 e. The van der Waals surface area contributed by atoms with E-state index in [4.69, 9.17) is 5.11 Å². The van der Waals surface area contributed by atoms with E-state index in [1.54, 1.807) is 6.07 Å². The Balaban J connectivity index is 2.16. The molecule has 0 bridgehead atoms. The van der Waals surface area contributed by atoms with Crippen LogP contribution in [0.5, 0.6) is 0 Å². The summed E-state index contributed by atoms with van der Waals surface area (Å²) in [7, 11) is 0. The minimum atomic E-state index is -4.39. The fourth-order valence-corrected chi connectivity index (χ4v) is 2.59. The molecule has 0 unspecified atom stereocenters. The maximum Gasteiger partial charge on any atom is 0.416 e. The third-order valence-electron chi connectivity index (χ3n) is 2.63. The molecule has 0 aliphatic carbocycles. The highest BCUT2D eigenvalue weighted by Crippen LogP contribution is 2.31. The predicted molar refractivity (Wildman–Crippen MR) is 72.2 cm³/mol. The molecule has 1 aromatic heterocycles. The van der Waals surface area contributed by atoms with E-state index in [0.717, 1.165) is 23.9 Å². The van der Waals surface area contributed by atoms with Crippen LogP contribution in [0.1, 0.15) is 21.5 Å². The Kier molecular flexibility index (Phi) is 4.52. The van der Waals surface area contributed by atoms with Gasteiger partial charge in [-0.1, -0.05) is 18.2 Å². The van der Waals surface area contributed by atoms with E-state index >= 15 is 0 Å². The number of nitrogens with zero attached hydrogens (tertiary/aromatic N) is 1. The number of alkyl halides is 3. The first kappa shape index (κ1) is 15.4. The van der Waals surface area contributed by atoms with Gasteiger partial charge >= 0.3 is 12.1 Å². The van der Waals surface area contributed by atoms with Crippen molar-refractivity contribution in [2.24, 2.45) is 0 Å². The summed E-state index contributed by atoms with van der Waals surface area (Å²) in [5, 5.41) is 9.29. The van der Waals surface area contributed by atoms with Gasteiger partial charge in [0.25, 0.3) is 0 Å². The van der Waals surface area contributed by atoms with Gasteiger partial charge in [-0.2, -0.15) is 13.2 Å². The van der Waals surface area contributed by atoms with Crippen LogP contribution in [0.15, 0.2) is 47.6 Å². The maximum absolute atomic E-state index is 12.6. The van der Waals surface area contributed by atoms with Crippen molar-refractivity contribution in [3.05, 3.63) is 59.3 Å². The van der Waals surface area contributed by atoms with Crippen molar-refractivity contribution in [3.8, 4) is 0 Å². The fraction of sp³-hybridized carbons (Fsp3) is 0.143.